The lowest BCUT2D eigenvalue weighted by Crippen LogP contribution is -2.12. The van der Waals surface area contributed by atoms with Crippen molar-refractivity contribution in [1.82, 2.24) is 4.98 Å². The average molecular weight is 335 g/mol. The lowest BCUT2D eigenvalue weighted by molar-refractivity contribution is -0.142. The number of rotatable bonds is 3. The Morgan fingerprint density at radius 3 is 2.30 bits per heavy atom. The van der Waals surface area contributed by atoms with E-state index in [1.54, 1.807) is 6.92 Å². The van der Waals surface area contributed by atoms with Crippen molar-refractivity contribution in [2.24, 2.45) is 0 Å². The molecule has 0 bridgehead atoms. The topological polar surface area (TPSA) is 22.1 Å². The van der Waals surface area contributed by atoms with Crippen LogP contribution in [0, 0.1) is 0 Å². The van der Waals surface area contributed by atoms with Gasteiger partial charge in [-0.25, -0.2) is 4.98 Å². The quantitative estimate of drug-likeness (QED) is 0.566. The fraction of sp³-hybridized carbons (Fsp3) is 0.267. The molecule has 2 nitrogen and oxygen atoms in total. The van der Waals surface area contributed by atoms with Crippen LogP contribution in [0.3, 0.4) is 0 Å². The first-order valence-electron chi connectivity index (χ1n) is 6.35. The van der Waals surface area contributed by atoms with Gasteiger partial charge in [0.15, 0.2) is 0 Å². The van der Waals surface area contributed by atoms with Crippen molar-refractivity contribution in [3.8, 4) is 5.75 Å². The smallest absolute Gasteiger partial charge is 0.433 e. The summed E-state index contributed by atoms with van der Waals surface area (Å²) in [5.74, 6) is -0.323. The zero-order valence-electron chi connectivity index (χ0n) is 11.8. The molecule has 0 amide bonds. The Kier molecular flexibility index (Phi) is 4.28. The molecule has 0 atom stereocenters. The van der Waals surface area contributed by atoms with Gasteiger partial charge in [-0.3, -0.25) is 0 Å². The number of nitrogens with zero attached hydrogens (tertiary/aromatic N) is 1. The third-order valence-electron chi connectivity index (χ3n) is 2.87. The molecule has 124 valence electrons. The number of para-hydroxylation sites is 1. The number of aromatic nitrogens is 1. The molecule has 0 saturated heterocycles. The van der Waals surface area contributed by atoms with Gasteiger partial charge in [-0.1, -0.05) is 12.6 Å². The van der Waals surface area contributed by atoms with Gasteiger partial charge in [0.05, 0.1) is 11.1 Å². The normalized spacial score (nSPS) is 12.5. The number of benzene rings is 1. The van der Waals surface area contributed by atoms with E-state index in [-0.39, 0.29) is 17.7 Å². The molecule has 23 heavy (non-hydrogen) atoms. The summed E-state index contributed by atoms with van der Waals surface area (Å²) in [5.41, 5.74) is -2.98. The van der Waals surface area contributed by atoms with E-state index in [9.17, 15) is 26.3 Å². The first kappa shape index (κ1) is 17.1. The Balaban J connectivity index is 2.75. The van der Waals surface area contributed by atoms with Crippen LogP contribution in [0.5, 0.6) is 5.75 Å². The van der Waals surface area contributed by atoms with Crippen molar-refractivity contribution in [3.63, 3.8) is 0 Å². The van der Waals surface area contributed by atoms with Gasteiger partial charge in [0.25, 0.3) is 0 Å². The van der Waals surface area contributed by atoms with Gasteiger partial charge in [-0.15, -0.1) is 0 Å². The molecular formula is C15H11F6NO. The summed E-state index contributed by atoms with van der Waals surface area (Å²) in [6.45, 7) is 5.00. The Labute approximate surface area is 127 Å². The second-order valence-corrected chi connectivity index (χ2v) is 4.95. The van der Waals surface area contributed by atoms with Crippen LogP contribution in [0.1, 0.15) is 18.2 Å². The van der Waals surface area contributed by atoms with Crippen LogP contribution in [0.4, 0.5) is 26.3 Å². The Morgan fingerprint density at radius 1 is 1.13 bits per heavy atom. The van der Waals surface area contributed by atoms with Gasteiger partial charge in [0.1, 0.15) is 18.1 Å². The molecule has 1 aromatic heterocycles. The van der Waals surface area contributed by atoms with E-state index in [0.717, 1.165) is 6.07 Å². The maximum atomic E-state index is 13.0. The van der Waals surface area contributed by atoms with Crippen LogP contribution in [0.15, 0.2) is 36.4 Å². The standard InChI is InChI=1S/C15H11F6NO/c1-8(2)7-23-11-6-12(15(19,20)21)22-13-9(11)4-3-5-10(13)14(16,17)18/h3-6H,1,7H2,2H3. The van der Waals surface area contributed by atoms with Crippen LogP contribution >= 0.6 is 0 Å². The molecule has 8 heteroatoms. The Bertz CT molecular complexity index is 748. The molecule has 0 aliphatic rings. The van der Waals surface area contributed by atoms with E-state index < -0.39 is 29.1 Å². The lowest BCUT2D eigenvalue weighted by Gasteiger charge is -2.16. The highest BCUT2D eigenvalue weighted by Gasteiger charge is 2.37. The molecule has 0 spiro atoms. The summed E-state index contributed by atoms with van der Waals surface area (Å²) in [6, 6.07) is 3.59. The molecule has 0 fully saturated rings. The van der Waals surface area contributed by atoms with Gasteiger partial charge >= 0.3 is 12.4 Å². The third-order valence-corrected chi connectivity index (χ3v) is 2.87. The van der Waals surface area contributed by atoms with Gasteiger partial charge in [-0.05, 0) is 24.6 Å². The van der Waals surface area contributed by atoms with Gasteiger partial charge < -0.3 is 4.74 Å². The minimum Gasteiger partial charge on any atom is -0.488 e. The number of pyridine rings is 1. The van der Waals surface area contributed by atoms with Crippen molar-refractivity contribution in [3.05, 3.63) is 47.7 Å². The summed E-state index contributed by atoms with van der Waals surface area (Å²) in [6.07, 6.45) is -9.73. The van der Waals surface area contributed by atoms with Crippen LogP contribution in [-0.4, -0.2) is 11.6 Å². The van der Waals surface area contributed by atoms with Gasteiger partial charge in [-0.2, -0.15) is 26.3 Å². The van der Waals surface area contributed by atoms with Gasteiger partial charge in [0, 0.05) is 11.5 Å². The highest BCUT2D eigenvalue weighted by molar-refractivity contribution is 5.88. The monoisotopic (exact) mass is 335 g/mol. The molecule has 0 radical (unpaired) electrons. The Hall–Kier alpha value is -2.25. The number of fused-ring (bicyclic) bond motifs is 1. The van der Waals surface area contributed by atoms with E-state index >= 15 is 0 Å². The summed E-state index contributed by atoms with van der Waals surface area (Å²) >= 11 is 0. The van der Waals surface area contributed by atoms with Crippen molar-refractivity contribution in [2.75, 3.05) is 6.61 Å². The predicted octanol–water partition coefficient (Wildman–Crippen LogP) is 5.23. The Morgan fingerprint density at radius 2 is 1.78 bits per heavy atom. The zero-order valence-corrected chi connectivity index (χ0v) is 11.8. The number of alkyl halides is 6. The molecule has 2 aromatic rings. The third kappa shape index (κ3) is 3.75. The molecule has 0 aliphatic carbocycles. The van der Waals surface area contributed by atoms with E-state index in [1.165, 1.54) is 6.07 Å². The summed E-state index contributed by atoms with van der Waals surface area (Å²) < 4.78 is 82.9. The summed E-state index contributed by atoms with van der Waals surface area (Å²) in [7, 11) is 0. The molecule has 0 unspecified atom stereocenters. The van der Waals surface area contributed by atoms with Crippen LogP contribution in [0.25, 0.3) is 10.9 Å². The molecule has 0 N–H and O–H groups in total. The minimum absolute atomic E-state index is 0.118. The molecular weight excluding hydrogens is 324 g/mol. The summed E-state index contributed by atoms with van der Waals surface area (Å²) in [4.78, 5) is 3.15. The van der Waals surface area contributed by atoms with E-state index in [4.69, 9.17) is 4.74 Å². The van der Waals surface area contributed by atoms with Crippen molar-refractivity contribution < 1.29 is 31.1 Å². The fourth-order valence-electron chi connectivity index (χ4n) is 1.91. The SMILES string of the molecule is C=C(C)COc1cc(C(F)(F)F)nc2c(C(F)(F)F)cccc12. The summed E-state index contributed by atoms with van der Waals surface area (Å²) in [5, 5.41) is -0.144. The largest absolute Gasteiger partial charge is 0.488 e. The number of hydrogen-bond donors (Lipinski definition) is 0. The highest BCUT2D eigenvalue weighted by atomic mass is 19.4. The second kappa shape index (κ2) is 5.75. The number of halogens is 6. The number of hydrogen-bond acceptors (Lipinski definition) is 2. The van der Waals surface area contributed by atoms with Crippen LogP contribution in [-0.2, 0) is 12.4 Å². The molecule has 1 aromatic carbocycles. The first-order valence-corrected chi connectivity index (χ1v) is 6.35. The van der Waals surface area contributed by atoms with Crippen molar-refractivity contribution in [1.29, 1.82) is 0 Å². The van der Waals surface area contributed by atoms with Crippen LogP contribution in [0.2, 0.25) is 0 Å². The fourth-order valence-corrected chi connectivity index (χ4v) is 1.91. The number of ether oxygens (including phenoxy) is 1. The average Bonchev–Trinajstić information content (AvgIpc) is 2.41. The second-order valence-electron chi connectivity index (χ2n) is 4.95. The van der Waals surface area contributed by atoms with Crippen LogP contribution < -0.4 is 4.74 Å². The van der Waals surface area contributed by atoms with E-state index in [1.807, 2.05) is 0 Å². The maximum Gasteiger partial charge on any atom is 0.433 e. The predicted molar refractivity (Wildman–Crippen MR) is 72.1 cm³/mol. The highest BCUT2D eigenvalue weighted by Crippen LogP contribution is 2.39. The van der Waals surface area contributed by atoms with E-state index in [2.05, 4.69) is 11.6 Å². The molecule has 0 saturated carbocycles. The van der Waals surface area contributed by atoms with Gasteiger partial charge in [0.2, 0.25) is 0 Å². The molecule has 2 rings (SSSR count). The minimum atomic E-state index is -4.89. The zero-order chi connectivity index (χ0) is 17.4. The molecule has 1 heterocycles. The molecule has 0 aliphatic heterocycles. The maximum absolute atomic E-state index is 13.0. The first-order chi connectivity index (χ1) is 10.5. The van der Waals surface area contributed by atoms with Crippen molar-refractivity contribution in [2.45, 2.75) is 19.3 Å². The van der Waals surface area contributed by atoms with Crippen molar-refractivity contribution >= 4 is 10.9 Å². The van der Waals surface area contributed by atoms with E-state index in [0.29, 0.717) is 17.7 Å². The lowest BCUT2D eigenvalue weighted by atomic mass is 10.1.